The van der Waals surface area contributed by atoms with E-state index in [9.17, 15) is 0 Å². The topological polar surface area (TPSA) is 69.6 Å². The molecular weight excluding hydrogens is 190 g/mol. The number of aromatic nitrogens is 4. The summed E-state index contributed by atoms with van der Waals surface area (Å²) in [6.45, 7) is 2.10. The molecular formula is C10H13N5. The van der Waals surface area contributed by atoms with Crippen molar-refractivity contribution in [1.82, 2.24) is 20.0 Å². The van der Waals surface area contributed by atoms with Gasteiger partial charge in [0.25, 0.3) is 0 Å². The lowest BCUT2D eigenvalue weighted by atomic mass is 10.2. The van der Waals surface area contributed by atoms with Gasteiger partial charge in [0.1, 0.15) is 0 Å². The summed E-state index contributed by atoms with van der Waals surface area (Å²) in [4.78, 5) is 0. The smallest absolute Gasteiger partial charge is 0.175 e. The first-order chi connectivity index (χ1) is 7.33. The van der Waals surface area contributed by atoms with Gasteiger partial charge in [-0.05, 0) is 18.6 Å². The normalized spacial score (nSPS) is 10.5. The zero-order chi connectivity index (χ0) is 10.7. The van der Waals surface area contributed by atoms with E-state index in [4.69, 9.17) is 5.73 Å². The van der Waals surface area contributed by atoms with Gasteiger partial charge < -0.3 is 5.73 Å². The van der Waals surface area contributed by atoms with Gasteiger partial charge in [-0.25, -0.2) is 4.68 Å². The zero-order valence-electron chi connectivity index (χ0n) is 8.59. The predicted molar refractivity (Wildman–Crippen MR) is 57.6 cm³/mol. The first kappa shape index (κ1) is 9.64. The largest absolute Gasteiger partial charge is 0.396 e. The molecule has 78 valence electrons. The van der Waals surface area contributed by atoms with Crippen molar-refractivity contribution in [2.75, 3.05) is 5.73 Å². The highest BCUT2D eigenvalue weighted by Gasteiger charge is 2.09. The molecule has 5 nitrogen and oxygen atoms in total. The highest BCUT2D eigenvalue weighted by molar-refractivity contribution is 5.44. The number of rotatable bonds is 3. The van der Waals surface area contributed by atoms with Crippen LogP contribution in [0.1, 0.15) is 19.0 Å². The number of hydrogen-bond acceptors (Lipinski definition) is 4. The summed E-state index contributed by atoms with van der Waals surface area (Å²) in [5.74, 6) is 0.706. The second-order valence-corrected chi connectivity index (χ2v) is 3.29. The molecule has 0 amide bonds. The molecule has 0 saturated heterocycles. The molecule has 0 spiro atoms. The van der Waals surface area contributed by atoms with Crippen molar-refractivity contribution in [1.29, 1.82) is 0 Å². The highest BCUT2D eigenvalue weighted by atomic mass is 15.3. The minimum Gasteiger partial charge on any atom is -0.396 e. The molecule has 0 aliphatic heterocycles. The molecule has 2 rings (SSSR count). The summed E-state index contributed by atoms with van der Waals surface area (Å²) in [5.41, 5.74) is 7.54. The van der Waals surface area contributed by atoms with Crippen molar-refractivity contribution in [2.24, 2.45) is 0 Å². The van der Waals surface area contributed by atoms with E-state index in [0.29, 0.717) is 11.5 Å². The molecule has 0 radical (unpaired) electrons. The SMILES string of the molecule is CCCc1c(N)cnn1-c1cccnn1. The standard InChI is InChI=1S/C10H13N5/c1-2-4-9-8(11)7-13-15(9)10-5-3-6-12-14-10/h3,5-7H,2,4,11H2,1H3. The van der Waals surface area contributed by atoms with Gasteiger partial charge in [0.2, 0.25) is 0 Å². The molecule has 0 fully saturated rings. The van der Waals surface area contributed by atoms with Gasteiger partial charge in [-0.1, -0.05) is 13.3 Å². The summed E-state index contributed by atoms with van der Waals surface area (Å²) < 4.78 is 1.74. The molecule has 0 atom stereocenters. The fourth-order valence-electron chi connectivity index (χ4n) is 1.48. The summed E-state index contributed by atoms with van der Waals surface area (Å²) in [6, 6.07) is 3.69. The Kier molecular flexibility index (Phi) is 2.62. The van der Waals surface area contributed by atoms with Gasteiger partial charge in [-0.15, -0.1) is 5.10 Å². The summed E-state index contributed by atoms with van der Waals surface area (Å²) in [6.07, 6.45) is 5.20. The van der Waals surface area contributed by atoms with Gasteiger partial charge in [-0.3, -0.25) is 0 Å². The van der Waals surface area contributed by atoms with Crippen molar-refractivity contribution >= 4 is 5.69 Å². The Morgan fingerprint density at radius 3 is 3.00 bits per heavy atom. The van der Waals surface area contributed by atoms with Crippen LogP contribution in [0, 0.1) is 0 Å². The lowest BCUT2D eigenvalue weighted by Crippen LogP contribution is -2.06. The second kappa shape index (κ2) is 4.08. The van der Waals surface area contributed by atoms with Crippen molar-refractivity contribution in [3.8, 4) is 5.82 Å². The third-order valence-electron chi connectivity index (χ3n) is 2.16. The quantitative estimate of drug-likeness (QED) is 0.813. The Labute approximate surface area is 87.9 Å². The van der Waals surface area contributed by atoms with Crippen LogP contribution in [-0.4, -0.2) is 20.0 Å². The predicted octanol–water partition coefficient (Wildman–Crippen LogP) is 1.20. The lowest BCUT2D eigenvalue weighted by molar-refractivity contribution is 0.744. The van der Waals surface area contributed by atoms with E-state index >= 15 is 0 Å². The van der Waals surface area contributed by atoms with Gasteiger partial charge in [0.15, 0.2) is 5.82 Å². The van der Waals surface area contributed by atoms with E-state index in [2.05, 4.69) is 22.2 Å². The lowest BCUT2D eigenvalue weighted by Gasteiger charge is -2.04. The molecule has 2 aromatic heterocycles. The Bertz CT molecular complexity index is 434. The van der Waals surface area contributed by atoms with Crippen LogP contribution >= 0.6 is 0 Å². The van der Waals surface area contributed by atoms with Crippen molar-refractivity contribution < 1.29 is 0 Å². The molecule has 0 saturated carbocycles. The molecule has 0 aliphatic carbocycles. The van der Waals surface area contributed by atoms with Gasteiger partial charge in [-0.2, -0.15) is 10.2 Å². The fourth-order valence-corrected chi connectivity index (χ4v) is 1.48. The van der Waals surface area contributed by atoms with Gasteiger partial charge in [0.05, 0.1) is 17.6 Å². The maximum atomic E-state index is 5.83. The van der Waals surface area contributed by atoms with Crippen LogP contribution in [0.25, 0.3) is 5.82 Å². The van der Waals surface area contributed by atoms with Gasteiger partial charge in [0, 0.05) is 6.20 Å². The van der Waals surface area contributed by atoms with E-state index in [-0.39, 0.29) is 0 Å². The Hall–Kier alpha value is -1.91. The number of nitrogen functional groups attached to an aromatic ring is 1. The maximum absolute atomic E-state index is 5.83. The number of hydrogen-bond donors (Lipinski definition) is 1. The summed E-state index contributed by atoms with van der Waals surface area (Å²) in [7, 11) is 0. The zero-order valence-corrected chi connectivity index (χ0v) is 8.59. The van der Waals surface area contributed by atoms with Crippen LogP contribution < -0.4 is 5.73 Å². The van der Waals surface area contributed by atoms with Crippen LogP contribution in [-0.2, 0) is 6.42 Å². The molecule has 15 heavy (non-hydrogen) atoms. The summed E-state index contributed by atoms with van der Waals surface area (Å²) >= 11 is 0. The van der Waals surface area contributed by atoms with E-state index in [0.717, 1.165) is 18.5 Å². The van der Waals surface area contributed by atoms with Crippen LogP contribution in [0.3, 0.4) is 0 Å². The molecule has 2 heterocycles. The van der Waals surface area contributed by atoms with Crippen LogP contribution in [0.2, 0.25) is 0 Å². The molecule has 2 aromatic rings. The molecule has 0 aliphatic rings. The molecule has 0 aromatic carbocycles. The maximum Gasteiger partial charge on any atom is 0.175 e. The highest BCUT2D eigenvalue weighted by Crippen LogP contribution is 2.16. The Morgan fingerprint density at radius 1 is 1.47 bits per heavy atom. The molecule has 0 bridgehead atoms. The van der Waals surface area contributed by atoms with Crippen molar-refractivity contribution in [3.05, 3.63) is 30.2 Å². The van der Waals surface area contributed by atoms with E-state index < -0.39 is 0 Å². The average molecular weight is 203 g/mol. The van der Waals surface area contributed by atoms with E-state index in [1.165, 1.54) is 0 Å². The summed E-state index contributed by atoms with van der Waals surface area (Å²) in [5, 5.41) is 12.0. The van der Waals surface area contributed by atoms with Crippen molar-refractivity contribution in [3.63, 3.8) is 0 Å². The minimum absolute atomic E-state index is 0.706. The Balaban J connectivity index is 2.44. The van der Waals surface area contributed by atoms with Crippen LogP contribution in [0.5, 0.6) is 0 Å². The molecule has 0 unspecified atom stereocenters. The second-order valence-electron chi connectivity index (χ2n) is 3.29. The average Bonchev–Trinajstić information content (AvgIpc) is 2.63. The first-order valence-electron chi connectivity index (χ1n) is 4.93. The third kappa shape index (κ3) is 1.81. The van der Waals surface area contributed by atoms with Crippen LogP contribution in [0.15, 0.2) is 24.5 Å². The fraction of sp³-hybridized carbons (Fsp3) is 0.300. The van der Waals surface area contributed by atoms with E-state index in [1.54, 1.807) is 17.1 Å². The van der Waals surface area contributed by atoms with E-state index in [1.807, 2.05) is 12.1 Å². The first-order valence-corrected chi connectivity index (χ1v) is 4.93. The van der Waals surface area contributed by atoms with Crippen molar-refractivity contribution in [2.45, 2.75) is 19.8 Å². The third-order valence-corrected chi connectivity index (χ3v) is 2.16. The number of nitrogens with zero attached hydrogens (tertiary/aromatic N) is 4. The monoisotopic (exact) mass is 203 g/mol. The Morgan fingerprint density at radius 2 is 2.33 bits per heavy atom. The number of nitrogens with two attached hydrogens (primary N) is 1. The molecule has 5 heteroatoms. The minimum atomic E-state index is 0.706. The van der Waals surface area contributed by atoms with Crippen LogP contribution in [0.4, 0.5) is 5.69 Å². The number of anilines is 1. The van der Waals surface area contributed by atoms with Gasteiger partial charge >= 0.3 is 0 Å². The molecule has 2 N–H and O–H groups in total.